The molecule has 0 saturated heterocycles. The zero-order valence-electron chi connectivity index (χ0n) is 11.1. The summed E-state index contributed by atoms with van der Waals surface area (Å²) in [7, 11) is 0. The summed E-state index contributed by atoms with van der Waals surface area (Å²) in [5.41, 5.74) is 1.10. The van der Waals surface area contributed by atoms with E-state index in [0.29, 0.717) is 16.8 Å². The van der Waals surface area contributed by atoms with Gasteiger partial charge in [-0.3, -0.25) is 10.1 Å². The van der Waals surface area contributed by atoms with Crippen molar-refractivity contribution in [1.29, 1.82) is 0 Å². The minimum atomic E-state index is -0.218. The molecule has 1 fully saturated rings. The van der Waals surface area contributed by atoms with Crippen LogP contribution in [0.25, 0.3) is 0 Å². The number of nitrogens with zero attached hydrogens (tertiary/aromatic N) is 2. The molecule has 1 aromatic heterocycles. The summed E-state index contributed by atoms with van der Waals surface area (Å²) >= 11 is 1.45. The molecule has 1 amide bonds. The van der Waals surface area contributed by atoms with Gasteiger partial charge in [0.05, 0.1) is 0 Å². The van der Waals surface area contributed by atoms with Crippen LogP contribution >= 0.6 is 11.3 Å². The van der Waals surface area contributed by atoms with Crippen molar-refractivity contribution in [2.45, 2.75) is 25.7 Å². The van der Waals surface area contributed by atoms with Crippen molar-refractivity contribution < 1.29 is 9.53 Å². The third-order valence-corrected chi connectivity index (χ3v) is 3.97. The monoisotopic (exact) mass is 289 g/mol. The predicted octanol–water partition coefficient (Wildman–Crippen LogP) is 2.74. The van der Waals surface area contributed by atoms with Crippen LogP contribution in [0.1, 0.15) is 29.3 Å². The summed E-state index contributed by atoms with van der Waals surface area (Å²) in [5.74, 6) is 1.03. The molecule has 0 atom stereocenters. The first-order chi connectivity index (χ1) is 9.70. The molecule has 5 nitrogen and oxygen atoms in total. The van der Waals surface area contributed by atoms with Gasteiger partial charge in [0, 0.05) is 5.92 Å². The number of nitrogens with one attached hydrogen (secondary N) is 1. The van der Waals surface area contributed by atoms with Gasteiger partial charge in [0.15, 0.2) is 6.61 Å². The van der Waals surface area contributed by atoms with Crippen molar-refractivity contribution in [3.05, 3.63) is 34.8 Å². The third-order valence-electron chi connectivity index (χ3n) is 2.97. The number of carbonyl (C=O) groups excluding carboxylic acids is 1. The lowest BCUT2D eigenvalue weighted by Gasteiger charge is -2.05. The molecule has 0 aliphatic heterocycles. The summed E-state index contributed by atoms with van der Waals surface area (Å²) in [6.45, 7) is 1.95. The van der Waals surface area contributed by atoms with Gasteiger partial charge in [-0.2, -0.15) is 0 Å². The molecule has 1 N–H and O–H groups in total. The van der Waals surface area contributed by atoms with Crippen LogP contribution in [0.5, 0.6) is 5.75 Å². The first-order valence-electron chi connectivity index (χ1n) is 6.53. The van der Waals surface area contributed by atoms with Gasteiger partial charge < -0.3 is 4.74 Å². The molecule has 1 aliphatic carbocycles. The number of anilines is 1. The van der Waals surface area contributed by atoms with Crippen LogP contribution in [0.4, 0.5) is 5.13 Å². The highest BCUT2D eigenvalue weighted by atomic mass is 32.1. The molecular weight excluding hydrogens is 274 g/mol. The average Bonchev–Trinajstić information content (AvgIpc) is 3.18. The number of carbonyl (C=O) groups is 1. The van der Waals surface area contributed by atoms with E-state index in [1.807, 2.05) is 31.2 Å². The zero-order chi connectivity index (χ0) is 13.9. The van der Waals surface area contributed by atoms with Gasteiger partial charge in [0.1, 0.15) is 10.8 Å². The van der Waals surface area contributed by atoms with E-state index in [0.717, 1.165) is 10.6 Å². The number of aromatic nitrogens is 2. The highest BCUT2D eigenvalue weighted by Crippen LogP contribution is 2.41. The van der Waals surface area contributed by atoms with Crippen molar-refractivity contribution in [3.8, 4) is 5.75 Å². The molecule has 1 aliphatic rings. The Balaban J connectivity index is 1.51. The Bertz CT molecular complexity index is 622. The van der Waals surface area contributed by atoms with Crippen molar-refractivity contribution in [1.82, 2.24) is 10.2 Å². The summed E-state index contributed by atoms with van der Waals surface area (Å²) < 4.78 is 5.43. The van der Waals surface area contributed by atoms with E-state index in [1.165, 1.54) is 24.2 Å². The lowest BCUT2D eigenvalue weighted by atomic mass is 10.2. The van der Waals surface area contributed by atoms with Crippen molar-refractivity contribution in [2.75, 3.05) is 11.9 Å². The Morgan fingerprint density at radius 2 is 2.30 bits per heavy atom. The molecular formula is C14H15N3O2S. The molecule has 2 aromatic rings. The Hall–Kier alpha value is -1.95. The van der Waals surface area contributed by atoms with E-state index < -0.39 is 0 Å². The van der Waals surface area contributed by atoms with Gasteiger partial charge in [-0.15, -0.1) is 10.2 Å². The number of rotatable bonds is 5. The normalized spacial score (nSPS) is 14.1. The summed E-state index contributed by atoms with van der Waals surface area (Å²) in [5, 5.41) is 12.3. The summed E-state index contributed by atoms with van der Waals surface area (Å²) in [4.78, 5) is 11.8. The highest BCUT2D eigenvalue weighted by molar-refractivity contribution is 7.15. The lowest BCUT2D eigenvalue weighted by Crippen LogP contribution is -2.20. The van der Waals surface area contributed by atoms with E-state index in [2.05, 4.69) is 15.5 Å². The van der Waals surface area contributed by atoms with Crippen LogP contribution in [0.3, 0.4) is 0 Å². The van der Waals surface area contributed by atoms with Crippen LogP contribution < -0.4 is 10.1 Å². The fraction of sp³-hybridized carbons (Fsp3) is 0.357. The molecule has 0 unspecified atom stereocenters. The summed E-state index contributed by atoms with van der Waals surface area (Å²) in [6, 6.07) is 7.60. The second kappa shape index (κ2) is 5.58. The standard InChI is InChI=1S/C14H15N3O2S/c1-9-3-2-4-11(7-9)19-8-12(18)15-14-17-16-13(20-14)10-5-6-10/h2-4,7,10H,5-6,8H2,1H3,(H,15,17,18). The molecule has 1 saturated carbocycles. The minimum Gasteiger partial charge on any atom is -0.484 e. The number of hydrogen-bond donors (Lipinski definition) is 1. The number of aryl methyl sites for hydroxylation is 1. The van der Waals surface area contributed by atoms with E-state index in [4.69, 9.17) is 4.74 Å². The van der Waals surface area contributed by atoms with E-state index in [9.17, 15) is 4.79 Å². The fourth-order valence-electron chi connectivity index (χ4n) is 1.79. The van der Waals surface area contributed by atoms with Gasteiger partial charge in [-0.25, -0.2) is 0 Å². The molecule has 1 heterocycles. The predicted molar refractivity (Wildman–Crippen MR) is 77.2 cm³/mol. The van der Waals surface area contributed by atoms with E-state index >= 15 is 0 Å². The van der Waals surface area contributed by atoms with Gasteiger partial charge in [0.25, 0.3) is 5.91 Å². The summed E-state index contributed by atoms with van der Waals surface area (Å²) in [6.07, 6.45) is 2.36. The van der Waals surface area contributed by atoms with E-state index in [1.54, 1.807) is 0 Å². The van der Waals surface area contributed by atoms with Crippen molar-refractivity contribution >= 4 is 22.4 Å². The number of ether oxygens (including phenoxy) is 1. The fourth-order valence-corrected chi connectivity index (χ4v) is 2.72. The van der Waals surface area contributed by atoms with Crippen molar-refractivity contribution in [2.24, 2.45) is 0 Å². The molecule has 3 rings (SSSR count). The average molecular weight is 289 g/mol. The van der Waals surface area contributed by atoms with Crippen LogP contribution in [-0.2, 0) is 4.79 Å². The molecule has 0 radical (unpaired) electrons. The second-order valence-electron chi connectivity index (χ2n) is 4.87. The Morgan fingerprint density at radius 1 is 1.45 bits per heavy atom. The van der Waals surface area contributed by atoms with E-state index in [-0.39, 0.29) is 12.5 Å². The van der Waals surface area contributed by atoms with Crippen LogP contribution in [0.2, 0.25) is 0 Å². The maximum absolute atomic E-state index is 11.8. The Morgan fingerprint density at radius 3 is 3.05 bits per heavy atom. The van der Waals surface area contributed by atoms with Crippen LogP contribution in [0.15, 0.2) is 24.3 Å². The first kappa shape index (κ1) is 13.1. The third kappa shape index (κ3) is 3.33. The van der Waals surface area contributed by atoms with Gasteiger partial charge in [-0.05, 0) is 37.5 Å². The second-order valence-corrected chi connectivity index (χ2v) is 5.88. The minimum absolute atomic E-state index is 0.0260. The SMILES string of the molecule is Cc1cccc(OCC(=O)Nc2nnc(C3CC3)s2)c1. The molecule has 20 heavy (non-hydrogen) atoms. The molecule has 0 spiro atoms. The lowest BCUT2D eigenvalue weighted by molar-refractivity contribution is -0.118. The van der Waals surface area contributed by atoms with Gasteiger partial charge in [-0.1, -0.05) is 23.5 Å². The Kier molecular flexibility index (Phi) is 3.64. The first-order valence-corrected chi connectivity index (χ1v) is 7.35. The molecule has 1 aromatic carbocycles. The van der Waals surface area contributed by atoms with Gasteiger partial charge in [0.2, 0.25) is 5.13 Å². The molecule has 104 valence electrons. The number of benzene rings is 1. The zero-order valence-corrected chi connectivity index (χ0v) is 11.9. The topological polar surface area (TPSA) is 64.1 Å². The molecule has 0 bridgehead atoms. The number of hydrogen-bond acceptors (Lipinski definition) is 5. The largest absolute Gasteiger partial charge is 0.484 e. The van der Waals surface area contributed by atoms with Crippen LogP contribution in [0, 0.1) is 6.92 Å². The van der Waals surface area contributed by atoms with Gasteiger partial charge >= 0.3 is 0 Å². The number of amides is 1. The quantitative estimate of drug-likeness (QED) is 0.919. The maximum Gasteiger partial charge on any atom is 0.264 e. The molecule has 6 heteroatoms. The van der Waals surface area contributed by atoms with Crippen molar-refractivity contribution in [3.63, 3.8) is 0 Å². The Labute approximate surface area is 121 Å². The maximum atomic E-state index is 11.8. The van der Waals surface area contributed by atoms with Crippen LogP contribution in [-0.4, -0.2) is 22.7 Å². The smallest absolute Gasteiger partial charge is 0.264 e. The highest BCUT2D eigenvalue weighted by Gasteiger charge is 2.27.